The van der Waals surface area contributed by atoms with Crippen LogP contribution in [-0.2, 0) is 0 Å². The largest absolute Gasteiger partial charge is 0.492 e. The molecule has 2 rings (SSSR count). The van der Waals surface area contributed by atoms with Crippen molar-refractivity contribution in [2.45, 2.75) is 26.2 Å². The highest BCUT2D eigenvalue weighted by atomic mass is 79.9. The Balaban J connectivity index is 1.69. The third-order valence-electron chi connectivity index (χ3n) is 3.69. The minimum Gasteiger partial charge on any atom is -0.492 e. The topological polar surface area (TPSA) is 13.7 Å². The van der Waals surface area contributed by atoms with E-state index in [4.69, 9.17) is 16.3 Å². The van der Waals surface area contributed by atoms with E-state index < -0.39 is 0 Å². The van der Waals surface area contributed by atoms with Gasteiger partial charge in [-0.3, -0.25) is 0 Å². The molecular weight excluding hydrogens is 326 g/mol. The van der Waals surface area contributed by atoms with E-state index in [0.29, 0.717) is 5.02 Å². The van der Waals surface area contributed by atoms with Crippen LogP contribution in [0.2, 0.25) is 5.02 Å². The Morgan fingerprint density at radius 2 is 2.32 bits per heavy atom. The summed E-state index contributed by atoms with van der Waals surface area (Å²) < 4.78 is 6.73. The number of hydrogen-bond acceptors (Lipinski definition) is 1. The van der Waals surface area contributed by atoms with Gasteiger partial charge in [-0.25, -0.2) is 0 Å². The van der Waals surface area contributed by atoms with E-state index in [2.05, 4.69) is 22.9 Å². The van der Waals surface area contributed by atoms with Crippen molar-refractivity contribution in [2.75, 3.05) is 26.2 Å². The van der Waals surface area contributed by atoms with Crippen molar-refractivity contribution in [2.24, 2.45) is 5.92 Å². The number of benzene rings is 1. The lowest BCUT2D eigenvalue weighted by Crippen LogP contribution is -3.13. The lowest BCUT2D eigenvalue weighted by atomic mass is 10.0. The zero-order valence-corrected chi connectivity index (χ0v) is 13.8. The number of quaternary nitrogens is 1. The van der Waals surface area contributed by atoms with Gasteiger partial charge in [0.15, 0.2) is 0 Å². The van der Waals surface area contributed by atoms with Crippen molar-refractivity contribution < 1.29 is 9.64 Å². The molecule has 0 spiro atoms. The van der Waals surface area contributed by atoms with Crippen LogP contribution in [0.4, 0.5) is 0 Å². The van der Waals surface area contributed by atoms with Gasteiger partial charge >= 0.3 is 0 Å². The first kappa shape index (κ1) is 15.1. The van der Waals surface area contributed by atoms with Crippen molar-refractivity contribution in [3.63, 3.8) is 0 Å². The molecule has 1 N–H and O–H groups in total. The second-order valence-electron chi connectivity index (χ2n) is 5.48. The van der Waals surface area contributed by atoms with Gasteiger partial charge in [-0.2, -0.15) is 0 Å². The van der Waals surface area contributed by atoms with Crippen LogP contribution >= 0.6 is 27.5 Å². The maximum Gasteiger partial charge on any atom is 0.137 e. The number of ether oxygens (including phenoxy) is 1. The highest BCUT2D eigenvalue weighted by Crippen LogP contribution is 2.27. The van der Waals surface area contributed by atoms with Crippen LogP contribution in [0, 0.1) is 5.92 Å². The first-order valence-electron chi connectivity index (χ1n) is 7.06. The van der Waals surface area contributed by atoms with Gasteiger partial charge in [0, 0.05) is 16.8 Å². The van der Waals surface area contributed by atoms with Crippen molar-refractivity contribution in [3.05, 3.63) is 27.7 Å². The second kappa shape index (κ2) is 7.51. The minimum atomic E-state index is 0.674. The number of halogens is 2. The van der Waals surface area contributed by atoms with E-state index in [1.807, 2.05) is 18.2 Å². The lowest BCUT2D eigenvalue weighted by molar-refractivity contribution is -0.908. The Kier molecular flexibility index (Phi) is 5.99. The fourth-order valence-corrected chi connectivity index (χ4v) is 3.45. The summed E-state index contributed by atoms with van der Waals surface area (Å²) in [6.45, 7) is 6.96. The number of likely N-dealkylation sites (tertiary alicyclic amines) is 1. The summed E-state index contributed by atoms with van der Waals surface area (Å²) in [5, 5.41) is 0.674. The molecule has 1 aromatic rings. The zero-order chi connectivity index (χ0) is 13.7. The molecule has 0 aromatic heterocycles. The summed E-state index contributed by atoms with van der Waals surface area (Å²) >= 11 is 9.51. The van der Waals surface area contributed by atoms with Gasteiger partial charge in [0.05, 0.1) is 31.3 Å². The summed E-state index contributed by atoms with van der Waals surface area (Å²) in [5.74, 6) is 1.66. The molecule has 0 aliphatic carbocycles. The molecule has 1 aliphatic rings. The van der Waals surface area contributed by atoms with Gasteiger partial charge < -0.3 is 9.64 Å². The first-order valence-corrected chi connectivity index (χ1v) is 8.23. The number of hydrogen-bond donors (Lipinski definition) is 1. The molecule has 1 aromatic carbocycles. The Morgan fingerprint density at radius 3 is 3.05 bits per heavy atom. The third-order valence-corrected chi connectivity index (χ3v) is 4.48. The van der Waals surface area contributed by atoms with Crippen LogP contribution in [0.25, 0.3) is 0 Å². The van der Waals surface area contributed by atoms with Crippen molar-refractivity contribution in [1.29, 1.82) is 0 Å². The summed E-state index contributed by atoms with van der Waals surface area (Å²) in [4.78, 5) is 1.73. The molecule has 1 unspecified atom stereocenters. The van der Waals surface area contributed by atoms with Crippen LogP contribution in [-0.4, -0.2) is 26.2 Å². The molecule has 1 aliphatic heterocycles. The molecule has 0 radical (unpaired) electrons. The van der Waals surface area contributed by atoms with E-state index in [-0.39, 0.29) is 0 Å². The molecule has 106 valence electrons. The fourth-order valence-electron chi connectivity index (χ4n) is 2.72. The van der Waals surface area contributed by atoms with Crippen LogP contribution in [0.1, 0.15) is 26.2 Å². The van der Waals surface area contributed by atoms with Gasteiger partial charge in [-0.1, -0.05) is 34.5 Å². The third kappa shape index (κ3) is 4.97. The number of rotatable bonds is 5. The molecule has 1 fully saturated rings. The van der Waals surface area contributed by atoms with Crippen molar-refractivity contribution >= 4 is 27.5 Å². The van der Waals surface area contributed by atoms with E-state index in [0.717, 1.165) is 29.2 Å². The van der Waals surface area contributed by atoms with E-state index in [1.165, 1.54) is 32.5 Å². The predicted octanol–water partition coefficient (Wildman–Crippen LogP) is 3.19. The van der Waals surface area contributed by atoms with Crippen LogP contribution < -0.4 is 9.64 Å². The number of nitrogens with one attached hydrogen (secondary N) is 1. The van der Waals surface area contributed by atoms with Crippen molar-refractivity contribution in [3.8, 4) is 5.75 Å². The van der Waals surface area contributed by atoms with Crippen LogP contribution in [0.15, 0.2) is 22.7 Å². The monoisotopic (exact) mass is 346 g/mol. The molecule has 0 amide bonds. The summed E-state index contributed by atoms with van der Waals surface area (Å²) in [6.07, 6.45) is 3.86. The standard InChI is InChI=1S/C15H21BrClNO/c1-12-4-2-7-18(11-12)8-3-9-19-15-6-5-13(16)10-14(15)17/h5-6,10,12H,2-4,7-9,11H2,1H3/p+1/t12-/m1/s1. The lowest BCUT2D eigenvalue weighted by Gasteiger charge is -2.27. The molecule has 1 saturated heterocycles. The van der Waals surface area contributed by atoms with Crippen LogP contribution in [0.5, 0.6) is 5.75 Å². The average molecular weight is 348 g/mol. The van der Waals surface area contributed by atoms with E-state index in [1.54, 1.807) is 4.90 Å². The second-order valence-corrected chi connectivity index (χ2v) is 6.80. The molecule has 4 heteroatoms. The summed E-state index contributed by atoms with van der Waals surface area (Å²) in [5.41, 5.74) is 0. The van der Waals surface area contributed by atoms with E-state index in [9.17, 15) is 0 Å². The quantitative estimate of drug-likeness (QED) is 0.808. The molecule has 0 bridgehead atoms. The molecule has 2 atom stereocenters. The highest BCUT2D eigenvalue weighted by molar-refractivity contribution is 9.10. The predicted molar refractivity (Wildman–Crippen MR) is 83.2 cm³/mol. The SMILES string of the molecule is C[C@@H]1CCC[NH+](CCCOc2ccc(Br)cc2Cl)C1. The molecule has 1 heterocycles. The highest BCUT2D eigenvalue weighted by Gasteiger charge is 2.18. The molecular formula is C15H22BrClNO+. The molecule has 2 nitrogen and oxygen atoms in total. The van der Waals surface area contributed by atoms with Crippen LogP contribution in [0.3, 0.4) is 0 Å². The first-order chi connectivity index (χ1) is 9.15. The average Bonchev–Trinajstić information content (AvgIpc) is 2.37. The summed E-state index contributed by atoms with van der Waals surface area (Å²) in [6, 6.07) is 5.75. The van der Waals surface area contributed by atoms with Gasteiger partial charge in [-0.15, -0.1) is 0 Å². The Hall–Kier alpha value is -0.250. The Bertz CT molecular complexity index is 413. The van der Waals surface area contributed by atoms with E-state index >= 15 is 0 Å². The maximum atomic E-state index is 6.12. The Morgan fingerprint density at radius 1 is 1.47 bits per heavy atom. The van der Waals surface area contributed by atoms with Gasteiger partial charge in [0.2, 0.25) is 0 Å². The minimum absolute atomic E-state index is 0.674. The van der Waals surface area contributed by atoms with Crippen molar-refractivity contribution in [1.82, 2.24) is 0 Å². The zero-order valence-electron chi connectivity index (χ0n) is 11.4. The Labute approximate surface area is 129 Å². The smallest absolute Gasteiger partial charge is 0.137 e. The normalized spacial score (nSPS) is 23.3. The molecule has 19 heavy (non-hydrogen) atoms. The van der Waals surface area contributed by atoms with Gasteiger partial charge in [0.25, 0.3) is 0 Å². The number of piperidine rings is 1. The van der Waals surface area contributed by atoms with Gasteiger partial charge in [-0.05, 0) is 31.0 Å². The fraction of sp³-hybridized carbons (Fsp3) is 0.600. The maximum absolute atomic E-state index is 6.12. The molecule has 0 saturated carbocycles. The van der Waals surface area contributed by atoms with Gasteiger partial charge in [0.1, 0.15) is 5.75 Å². The summed E-state index contributed by atoms with van der Waals surface area (Å²) in [7, 11) is 0.